The van der Waals surface area contributed by atoms with Crippen LogP contribution in [-0.2, 0) is 6.42 Å². The third-order valence-electron chi connectivity index (χ3n) is 5.38. The summed E-state index contributed by atoms with van der Waals surface area (Å²) in [5.41, 5.74) is 5.08. The van der Waals surface area contributed by atoms with E-state index in [1.807, 2.05) is 65.2 Å². The normalized spacial score (nSPS) is 10.9. The van der Waals surface area contributed by atoms with E-state index in [0.717, 1.165) is 52.4 Å². The van der Waals surface area contributed by atoms with E-state index >= 15 is 0 Å². The van der Waals surface area contributed by atoms with E-state index in [2.05, 4.69) is 28.5 Å². The summed E-state index contributed by atoms with van der Waals surface area (Å²) in [6.45, 7) is 0.732. The maximum absolute atomic E-state index is 5.49. The summed E-state index contributed by atoms with van der Waals surface area (Å²) in [4.78, 5) is 8.94. The minimum Gasteiger partial charge on any atom is -0.496 e. The molecule has 0 aliphatic rings. The lowest BCUT2D eigenvalue weighted by molar-refractivity contribution is 0.410. The summed E-state index contributed by atoms with van der Waals surface area (Å²) in [5, 5.41) is 8.33. The topological polar surface area (TPSA) is 64.3 Å². The molecule has 5 rings (SSSR count). The molecule has 158 valence electrons. The van der Waals surface area contributed by atoms with Gasteiger partial charge >= 0.3 is 0 Å². The first-order valence-electron chi connectivity index (χ1n) is 10.5. The maximum Gasteiger partial charge on any atom is 0.182 e. The Kier molecular flexibility index (Phi) is 5.49. The van der Waals surface area contributed by atoms with Gasteiger partial charge in [0, 0.05) is 24.5 Å². The monoisotopic (exact) mass is 421 g/mol. The summed E-state index contributed by atoms with van der Waals surface area (Å²) >= 11 is 0. The van der Waals surface area contributed by atoms with Gasteiger partial charge in [0.25, 0.3) is 0 Å². The van der Waals surface area contributed by atoms with Crippen molar-refractivity contribution in [3.63, 3.8) is 0 Å². The largest absolute Gasteiger partial charge is 0.496 e. The quantitative estimate of drug-likeness (QED) is 0.395. The molecular weight excluding hydrogens is 398 g/mol. The van der Waals surface area contributed by atoms with Gasteiger partial charge in [-0.3, -0.25) is 4.98 Å². The van der Waals surface area contributed by atoms with Crippen molar-refractivity contribution in [3.05, 3.63) is 96.8 Å². The van der Waals surface area contributed by atoms with Crippen molar-refractivity contribution < 1.29 is 4.74 Å². The molecule has 3 heterocycles. The molecule has 1 N–H and O–H groups in total. The molecule has 0 fully saturated rings. The van der Waals surface area contributed by atoms with Gasteiger partial charge in [0.2, 0.25) is 0 Å². The zero-order valence-corrected chi connectivity index (χ0v) is 17.8. The zero-order valence-electron chi connectivity index (χ0n) is 17.8. The van der Waals surface area contributed by atoms with Crippen LogP contribution in [0.3, 0.4) is 0 Å². The van der Waals surface area contributed by atoms with Gasteiger partial charge in [0.05, 0.1) is 7.11 Å². The highest BCUT2D eigenvalue weighted by molar-refractivity contribution is 5.72. The first kappa shape index (κ1) is 19.8. The van der Waals surface area contributed by atoms with Crippen LogP contribution < -0.4 is 10.1 Å². The Labute approximate surface area is 186 Å². The third-order valence-corrected chi connectivity index (χ3v) is 5.38. The molecule has 0 unspecified atom stereocenters. The van der Waals surface area contributed by atoms with Crippen molar-refractivity contribution in [1.29, 1.82) is 0 Å². The molecular formula is C26H23N5O. The van der Waals surface area contributed by atoms with Crippen molar-refractivity contribution >= 4 is 11.5 Å². The van der Waals surface area contributed by atoms with Crippen LogP contribution in [0.4, 0.5) is 5.82 Å². The minimum absolute atomic E-state index is 0.699. The molecule has 0 aliphatic heterocycles. The van der Waals surface area contributed by atoms with Crippen molar-refractivity contribution in [2.24, 2.45) is 0 Å². The highest BCUT2D eigenvalue weighted by atomic mass is 16.5. The number of hydrogen-bond acceptors (Lipinski definition) is 5. The summed E-state index contributed by atoms with van der Waals surface area (Å²) in [6.07, 6.45) is 4.42. The Morgan fingerprint density at radius 1 is 0.844 bits per heavy atom. The van der Waals surface area contributed by atoms with Crippen LogP contribution in [0.15, 0.2) is 91.3 Å². The predicted octanol–water partition coefficient (Wildman–Crippen LogP) is 5.12. The van der Waals surface area contributed by atoms with E-state index in [-0.39, 0.29) is 0 Å². The molecule has 0 amide bonds. The van der Waals surface area contributed by atoms with Gasteiger partial charge in [-0.05, 0) is 53.4 Å². The number of nitrogens with zero attached hydrogens (tertiary/aromatic N) is 4. The van der Waals surface area contributed by atoms with Gasteiger partial charge in [-0.1, -0.05) is 48.5 Å². The van der Waals surface area contributed by atoms with Gasteiger partial charge in [0.15, 0.2) is 11.5 Å². The molecule has 6 nitrogen and oxygen atoms in total. The maximum atomic E-state index is 5.49. The molecule has 5 aromatic rings. The van der Waals surface area contributed by atoms with Crippen LogP contribution in [0.5, 0.6) is 5.75 Å². The molecule has 0 radical (unpaired) electrons. The summed E-state index contributed by atoms with van der Waals surface area (Å²) in [5.74, 6) is 2.49. The molecule has 3 aromatic heterocycles. The van der Waals surface area contributed by atoms with Crippen molar-refractivity contribution in [3.8, 4) is 28.3 Å². The minimum atomic E-state index is 0.699. The molecule has 0 aliphatic carbocycles. The molecule has 6 heteroatoms. The first-order chi connectivity index (χ1) is 15.8. The predicted molar refractivity (Wildman–Crippen MR) is 127 cm³/mol. The average molecular weight is 422 g/mol. The SMILES string of the molecule is COc1ccccc1CCNc1cc(-c2ccncc2)cc2nc(-c3ccccc3)nn12. The van der Waals surface area contributed by atoms with Crippen molar-refractivity contribution in [1.82, 2.24) is 19.6 Å². The van der Waals surface area contributed by atoms with Crippen molar-refractivity contribution in [2.45, 2.75) is 6.42 Å². The number of para-hydroxylation sites is 1. The molecule has 0 saturated carbocycles. The standard InChI is InChI=1S/C26H23N5O/c1-32-23-10-6-5-7-20(23)13-16-28-24-17-22(19-11-14-27-15-12-19)18-25-29-26(30-31(24)25)21-8-3-2-4-9-21/h2-12,14-15,17-18,28H,13,16H2,1H3. The number of hydrogen-bond donors (Lipinski definition) is 1. The molecule has 0 saturated heterocycles. The van der Waals surface area contributed by atoms with Crippen LogP contribution in [0.25, 0.3) is 28.2 Å². The lowest BCUT2D eigenvalue weighted by Gasteiger charge is -2.12. The fourth-order valence-corrected chi connectivity index (χ4v) is 3.77. The van der Waals surface area contributed by atoms with Gasteiger partial charge in [-0.25, -0.2) is 4.98 Å². The van der Waals surface area contributed by atoms with E-state index in [1.54, 1.807) is 19.5 Å². The molecule has 32 heavy (non-hydrogen) atoms. The number of aromatic nitrogens is 4. The van der Waals surface area contributed by atoms with E-state index in [1.165, 1.54) is 0 Å². The number of rotatable bonds is 7. The van der Waals surface area contributed by atoms with Gasteiger partial charge in [-0.2, -0.15) is 4.52 Å². The number of pyridine rings is 2. The van der Waals surface area contributed by atoms with E-state index < -0.39 is 0 Å². The first-order valence-corrected chi connectivity index (χ1v) is 10.5. The second-order valence-electron chi connectivity index (χ2n) is 7.43. The smallest absolute Gasteiger partial charge is 0.182 e. The Hall–Kier alpha value is -4.19. The highest BCUT2D eigenvalue weighted by Crippen LogP contribution is 2.26. The third kappa shape index (κ3) is 4.03. The number of methoxy groups -OCH3 is 1. The number of ether oxygens (including phenoxy) is 1. The van der Waals surface area contributed by atoms with Crippen LogP contribution in [0, 0.1) is 0 Å². The second kappa shape index (κ2) is 8.89. The van der Waals surface area contributed by atoms with E-state index in [4.69, 9.17) is 14.8 Å². The lowest BCUT2D eigenvalue weighted by atomic mass is 10.1. The number of nitrogens with one attached hydrogen (secondary N) is 1. The Morgan fingerprint density at radius 2 is 1.62 bits per heavy atom. The van der Waals surface area contributed by atoms with Gasteiger partial charge in [-0.15, -0.1) is 5.10 Å². The highest BCUT2D eigenvalue weighted by Gasteiger charge is 2.12. The number of benzene rings is 2. The van der Waals surface area contributed by atoms with Gasteiger partial charge < -0.3 is 10.1 Å². The number of fused-ring (bicyclic) bond motifs is 1. The molecule has 2 aromatic carbocycles. The van der Waals surface area contributed by atoms with Gasteiger partial charge in [0.1, 0.15) is 11.6 Å². The van der Waals surface area contributed by atoms with E-state index in [0.29, 0.717) is 5.82 Å². The second-order valence-corrected chi connectivity index (χ2v) is 7.43. The van der Waals surface area contributed by atoms with Crippen LogP contribution in [0.1, 0.15) is 5.56 Å². The summed E-state index contributed by atoms with van der Waals surface area (Å²) in [6, 6.07) is 26.3. The average Bonchev–Trinajstić information content (AvgIpc) is 3.30. The molecule has 0 spiro atoms. The van der Waals surface area contributed by atoms with E-state index in [9.17, 15) is 0 Å². The Balaban J connectivity index is 1.51. The fraction of sp³-hybridized carbons (Fsp3) is 0.115. The van der Waals surface area contributed by atoms with Crippen LogP contribution in [-0.4, -0.2) is 33.2 Å². The zero-order chi connectivity index (χ0) is 21.8. The fourth-order valence-electron chi connectivity index (χ4n) is 3.77. The number of anilines is 1. The Bertz CT molecular complexity index is 1330. The summed E-state index contributed by atoms with van der Waals surface area (Å²) < 4.78 is 7.36. The van der Waals surface area contributed by atoms with Crippen LogP contribution in [0.2, 0.25) is 0 Å². The van der Waals surface area contributed by atoms with Crippen molar-refractivity contribution in [2.75, 3.05) is 19.0 Å². The lowest BCUT2D eigenvalue weighted by Crippen LogP contribution is -2.10. The van der Waals surface area contributed by atoms with Crippen LogP contribution >= 0.6 is 0 Å². The molecule has 0 bridgehead atoms. The summed E-state index contributed by atoms with van der Waals surface area (Å²) in [7, 11) is 1.70. The Morgan fingerprint density at radius 3 is 2.44 bits per heavy atom. The molecule has 0 atom stereocenters.